The lowest BCUT2D eigenvalue weighted by molar-refractivity contribution is 1.53. The highest BCUT2D eigenvalue weighted by Gasteiger charge is 2.39. The first-order valence-electron chi connectivity index (χ1n) is 16.4. The molecular weight excluding hydrogens is 567 g/mol. The van der Waals surface area contributed by atoms with Gasteiger partial charge < -0.3 is 4.98 Å². The molecule has 0 spiro atoms. The summed E-state index contributed by atoms with van der Waals surface area (Å²) in [7, 11) is 0. The van der Waals surface area contributed by atoms with Crippen molar-refractivity contribution in [3.8, 4) is 0 Å². The van der Waals surface area contributed by atoms with Gasteiger partial charge in [-0.25, -0.2) is 0 Å². The first kappa shape index (κ1) is 25.1. The Labute approximate surface area is 271 Å². The largest absolute Gasteiger partial charge is 0.355 e. The number of nitrogens with one attached hydrogen (secondary N) is 1. The van der Waals surface area contributed by atoms with E-state index >= 15 is 0 Å². The van der Waals surface area contributed by atoms with Gasteiger partial charge in [0.25, 0.3) is 0 Å². The van der Waals surface area contributed by atoms with Gasteiger partial charge in [-0.15, -0.1) is 0 Å². The molecule has 1 N–H and O–H groups in total. The Hall–Kier alpha value is -6.18. The average molecular weight is 594 g/mol. The van der Waals surface area contributed by atoms with Crippen LogP contribution in [0.4, 0.5) is 0 Å². The Morgan fingerprint density at radius 3 is 1.55 bits per heavy atom. The second-order valence-corrected chi connectivity index (χ2v) is 12.9. The fraction of sp³-hybridized carbons (Fsp3) is 0. The van der Waals surface area contributed by atoms with Gasteiger partial charge in [-0.2, -0.15) is 0 Å². The molecule has 47 heavy (non-hydrogen) atoms. The summed E-state index contributed by atoms with van der Waals surface area (Å²) in [5.74, 6) is 0. The molecule has 1 nitrogen and oxygen atoms in total. The number of benzene rings is 8. The fourth-order valence-electron chi connectivity index (χ4n) is 8.54. The molecule has 216 valence electrons. The van der Waals surface area contributed by atoms with Crippen LogP contribution in [0.15, 0.2) is 158 Å². The minimum absolute atomic E-state index is 1.17. The molecule has 0 fully saturated rings. The molecular formula is C46H27N. The topological polar surface area (TPSA) is 15.8 Å². The van der Waals surface area contributed by atoms with E-state index in [4.69, 9.17) is 0 Å². The summed E-state index contributed by atoms with van der Waals surface area (Å²) in [4.78, 5) is 3.65. The van der Waals surface area contributed by atoms with Crippen LogP contribution in [0.2, 0.25) is 0 Å². The van der Waals surface area contributed by atoms with Crippen molar-refractivity contribution in [3.63, 3.8) is 0 Å². The molecule has 0 bridgehead atoms. The van der Waals surface area contributed by atoms with Crippen molar-refractivity contribution in [2.45, 2.75) is 0 Å². The van der Waals surface area contributed by atoms with Crippen LogP contribution in [0, 0.1) is 0 Å². The number of aromatic amines is 1. The van der Waals surface area contributed by atoms with Crippen molar-refractivity contribution >= 4 is 76.4 Å². The smallest absolute Gasteiger partial charge is 0.0465 e. The predicted molar refractivity (Wildman–Crippen MR) is 199 cm³/mol. The van der Waals surface area contributed by atoms with Crippen LogP contribution in [0.1, 0.15) is 33.4 Å². The molecule has 2 aliphatic rings. The van der Waals surface area contributed by atoms with Crippen molar-refractivity contribution in [2.24, 2.45) is 0 Å². The molecule has 0 saturated heterocycles. The van der Waals surface area contributed by atoms with Crippen molar-refractivity contribution in [1.29, 1.82) is 0 Å². The zero-order chi connectivity index (χ0) is 30.6. The van der Waals surface area contributed by atoms with E-state index in [2.05, 4.69) is 163 Å². The van der Waals surface area contributed by atoms with Gasteiger partial charge in [0.05, 0.1) is 0 Å². The van der Waals surface area contributed by atoms with E-state index in [1.54, 1.807) is 0 Å². The molecule has 1 heterocycles. The van der Waals surface area contributed by atoms with E-state index in [-0.39, 0.29) is 0 Å². The third-order valence-corrected chi connectivity index (χ3v) is 10.5. The Kier molecular flexibility index (Phi) is 4.90. The quantitative estimate of drug-likeness (QED) is 0.205. The number of hydrogen-bond donors (Lipinski definition) is 1. The Balaban J connectivity index is 1.35. The summed E-state index contributed by atoms with van der Waals surface area (Å²) in [6.45, 7) is 0. The number of hydrogen-bond acceptors (Lipinski definition) is 0. The van der Waals surface area contributed by atoms with Gasteiger partial charge in [-0.3, -0.25) is 0 Å². The van der Waals surface area contributed by atoms with Gasteiger partial charge in [-0.05, 0) is 106 Å². The third-order valence-electron chi connectivity index (χ3n) is 10.5. The Morgan fingerprint density at radius 2 is 0.830 bits per heavy atom. The highest BCUT2D eigenvalue weighted by Crippen LogP contribution is 2.61. The maximum atomic E-state index is 3.65. The maximum Gasteiger partial charge on any atom is 0.0465 e. The molecule has 11 rings (SSSR count). The van der Waals surface area contributed by atoms with E-state index in [1.807, 2.05) is 0 Å². The van der Waals surface area contributed by atoms with Crippen LogP contribution in [0.25, 0.3) is 76.4 Å². The molecule has 0 saturated carbocycles. The van der Waals surface area contributed by atoms with Crippen molar-refractivity contribution in [2.75, 3.05) is 0 Å². The molecule has 1 heteroatoms. The molecule has 1 aromatic heterocycles. The van der Waals surface area contributed by atoms with Crippen molar-refractivity contribution in [3.05, 3.63) is 191 Å². The normalized spacial score (nSPS) is 13.8. The summed E-state index contributed by atoms with van der Waals surface area (Å²) >= 11 is 0. The monoisotopic (exact) mass is 593 g/mol. The highest BCUT2D eigenvalue weighted by molar-refractivity contribution is 6.39. The van der Waals surface area contributed by atoms with Gasteiger partial charge in [0.1, 0.15) is 0 Å². The SMILES string of the molecule is c1ccc2c(C3=C4C(=C(c5ccc6[nH]c7ccccc7c6c5)c5c4ccc4ccccc54)c4ccc5ccccc5c43)cccc2c1. The summed E-state index contributed by atoms with van der Waals surface area (Å²) < 4.78 is 0. The van der Waals surface area contributed by atoms with Crippen LogP contribution in [0.5, 0.6) is 0 Å². The molecule has 8 aromatic carbocycles. The third kappa shape index (κ3) is 3.33. The minimum atomic E-state index is 1.17. The van der Waals surface area contributed by atoms with Crippen LogP contribution >= 0.6 is 0 Å². The summed E-state index contributed by atoms with van der Waals surface area (Å²) in [6.07, 6.45) is 0. The highest BCUT2D eigenvalue weighted by atomic mass is 14.7. The van der Waals surface area contributed by atoms with Gasteiger partial charge in [0, 0.05) is 21.8 Å². The maximum absolute atomic E-state index is 3.65. The Morgan fingerprint density at radius 1 is 0.298 bits per heavy atom. The number of rotatable bonds is 2. The van der Waals surface area contributed by atoms with E-state index < -0.39 is 0 Å². The van der Waals surface area contributed by atoms with Crippen molar-refractivity contribution < 1.29 is 0 Å². The van der Waals surface area contributed by atoms with Gasteiger partial charge >= 0.3 is 0 Å². The summed E-state index contributed by atoms with van der Waals surface area (Å²) in [6, 6.07) is 58.4. The molecule has 9 aromatic rings. The standard InChI is InChI=1S/C46H27N/c1-4-14-31-27(10-1)13-9-18-35(31)44-43-33-16-6-3-12-29(33)21-24-37(43)45-41(42-32-15-5-2-11-28(32)20-23-36(42)46(44)45)30-22-25-40-38(26-30)34-17-7-8-19-39(34)47-40/h1-26,47H. The molecule has 0 atom stereocenters. The molecule has 0 radical (unpaired) electrons. The fourth-order valence-corrected chi connectivity index (χ4v) is 8.54. The number of aromatic nitrogens is 1. The van der Waals surface area contributed by atoms with Gasteiger partial charge in [0.2, 0.25) is 0 Å². The molecule has 0 unspecified atom stereocenters. The lowest BCUT2D eigenvalue weighted by Crippen LogP contribution is -1.95. The van der Waals surface area contributed by atoms with Crippen LogP contribution < -0.4 is 0 Å². The molecule has 0 aliphatic heterocycles. The first-order chi connectivity index (χ1) is 23.3. The Bertz CT molecular complexity index is 2890. The van der Waals surface area contributed by atoms with Crippen LogP contribution in [-0.2, 0) is 0 Å². The number of para-hydroxylation sites is 1. The lowest BCUT2D eigenvalue weighted by Gasteiger charge is -2.17. The molecule has 0 amide bonds. The van der Waals surface area contributed by atoms with E-state index in [0.29, 0.717) is 0 Å². The van der Waals surface area contributed by atoms with Gasteiger partial charge in [-0.1, -0.05) is 140 Å². The zero-order valence-corrected chi connectivity index (χ0v) is 25.5. The lowest BCUT2D eigenvalue weighted by atomic mass is 9.86. The predicted octanol–water partition coefficient (Wildman–Crippen LogP) is 12.0. The van der Waals surface area contributed by atoms with E-state index in [1.165, 1.54) is 110 Å². The number of H-pyrrole nitrogens is 1. The van der Waals surface area contributed by atoms with Crippen molar-refractivity contribution in [1.82, 2.24) is 4.98 Å². The first-order valence-corrected chi connectivity index (χ1v) is 16.4. The minimum Gasteiger partial charge on any atom is -0.355 e. The number of fused-ring (bicyclic) bond motifs is 13. The summed E-state index contributed by atoms with van der Waals surface area (Å²) in [5.41, 5.74) is 15.6. The second-order valence-electron chi connectivity index (χ2n) is 12.9. The van der Waals surface area contributed by atoms with E-state index in [9.17, 15) is 0 Å². The molecule has 2 aliphatic carbocycles. The van der Waals surface area contributed by atoms with Gasteiger partial charge in [0.15, 0.2) is 0 Å². The van der Waals surface area contributed by atoms with Crippen LogP contribution in [0.3, 0.4) is 0 Å². The number of allylic oxidation sites excluding steroid dienone is 2. The second kappa shape index (κ2) is 9.19. The average Bonchev–Trinajstić information content (AvgIpc) is 3.79. The summed E-state index contributed by atoms with van der Waals surface area (Å²) in [5, 5.41) is 10.2. The van der Waals surface area contributed by atoms with E-state index in [0.717, 1.165) is 0 Å². The van der Waals surface area contributed by atoms with Crippen LogP contribution in [-0.4, -0.2) is 4.98 Å². The zero-order valence-electron chi connectivity index (χ0n) is 25.5.